The lowest BCUT2D eigenvalue weighted by Gasteiger charge is -2.39. The van der Waals surface area contributed by atoms with Crippen LogP contribution in [0.5, 0.6) is 17.2 Å². The molecule has 4 rings (SSSR count). The molecule has 0 bridgehead atoms. The van der Waals surface area contributed by atoms with Gasteiger partial charge in [-0.15, -0.1) is 0 Å². The Kier molecular flexibility index (Phi) is 7.34. The number of aliphatic hydroxyl groups excluding tert-OH is 4. The SMILES string of the molecule is CC(C)/C=C/c1c(O[C@@H]2OC(CO)[C@@H](O)C(O)C2O)cc2occ(-c3ccc(O)cc3)c(=O)c2c1O. The molecule has 3 unspecified atom stereocenters. The Morgan fingerprint density at radius 3 is 2.39 bits per heavy atom. The topological polar surface area (TPSA) is 170 Å². The molecular formula is C26H28O10. The molecule has 1 aromatic heterocycles. The summed E-state index contributed by atoms with van der Waals surface area (Å²) < 4.78 is 16.9. The maximum Gasteiger partial charge on any atom is 0.229 e. The highest BCUT2D eigenvalue weighted by Gasteiger charge is 2.45. The largest absolute Gasteiger partial charge is 0.508 e. The smallest absolute Gasteiger partial charge is 0.229 e. The first-order valence-corrected chi connectivity index (χ1v) is 11.4. The van der Waals surface area contributed by atoms with Gasteiger partial charge in [-0.05, 0) is 23.6 Å². The average molecular weight is 501 g/mol. The number of ether oxygens (including phenoxy) is 2. The first-order chi connectivity index (χ1) is 17.1. The molecule has 10 nitrogen and oxygen atoms in total. The van der Waals surface area contributed by atoms with Crippen molar-refractivity contribution in [2.75, 3.05) is 6.61 Å². The van der Waals surface area contributed by atoms with E-state index in [0.717, 1.165) is 0 Å². The van der Waals surface area contributed by atoms with Gasteiger partial charge in [-0.25, -0.2) is 0 Å². The highest BCUT2D eigenvalue weighted by Crippen LogP contribution is 2.38. The Morgan fingerprint density at radius 1 is 1.06 bits per heavy atom. The van der Waals surface area contributed by atoms with Gasteiger partial charge in [0.25, 0.3) is 0 Å². The molecule has 192 valence electrons. The molecule has 3 aromatic rings. The monoisotopic (exact) mass is 500 g/mol. The van der Waals surface area contributed by atoms with E-state index in [-0.39, 0.29) is 39.5 Å². The Labute approximate surface area is 205 Å². The van der Waals surface area contributed by atoms with Gasteiger partial charge in [-0.2, -0.15) is 0 Å². The summed E-state index contributed by atoms with van der Waals surface area (Å²) in [6.45, 7) is 3.18. The highest BCUT2D eigenvalue weighted by atomic mass is 16.7. The molecule has 0 aliphatic carbocycles. The van der Waals surface area contributed by atoms with Gasteiger partial charge in [-0.3, -0.25) is 4.79 Å². The molecule has 0 saturated carbocycles. The molecule has 6 N–H and O–H groups in total. The van der Waals surface area contributed by atoms with Gasteiger partial charge in [0.2, 0.25) is 11.7 Å². The van der Waals surface area contributed by atoms with Crippen LogP contribution in [0.2, 0.25) is 0 Å². The number of allylic oxidation sites excluding steroid dienone is 1. The normalized spacial score (nSPS) is 24.6. The lowest BCUT2D eigenvalue weighted by Crippen LogP contribution is -2.60. The molecule has 1 aliphatic heterocycles. The van der Waals surface area contributed by atoms with Crippen molar-refractivity contribution < 1.29 is 44.5 Å². The van der Waals surface area contributed by atoms with Gasteiger partial charge in [0.05, 0.1) is 17.7 Å². The quantitative estimate of drug-likeness (QED) is 0.293. The van der Waals surface area contributed by atoms with Crippen molar-refractivity contribution >= 4 is 17.0 Å². The summed E-state index contributed by atoms with van der Waals surface area (Å²) in [6.07, 6.45) is -3.07. The van der Waals surface area contributed by atoms with Crippen LogP contribution >= 0.6 is 0 Å². The van der Waals surface area contributed by atoms with Crippen molar-refractivity contribution in [1.82, 2.24) is 0 Å². The zero-order valence-electron chi connectivity index (χ0n) is 19.6. The minimum Gasteiger partial charge on any atom is -0.508 e. The van der Waals surface area contributed by atoms with Crippen molar-refractivity contribution in [1.29, 1.82) is 0 Å². The number of rotatable bonds is 6. The third-order valence-electron chi connectivity index (χ3n) is 5.96. The van der Waals surface area contributed by atoms with Gasteiger partial charge in [0.1, 0.15) is 58.9 Å². The summed E-state index contributed by atoms with van der Waals surface area (Å²) in [5.41, 5.74) is 0.214. The molecule has 10 heteroatoms. The molecule has 1 aliphatic rings. The number of fused-ring (bicyclic) bond motifs is 1. The van der Waals surface area contributed by atoms with Crippen molar-refractivity contribution in [2.24, 2.45) is 5.92 Å². The molecular weight excluding hydrogens is 472 g/mol. The average Bonchev–Trinajstić information content (AvgIpc) is 2.84. The first kappa shape index (κ1) is 25.7. The van der Waals surface area contributed by atoms with Crippen molar-refractivity contribution in [2.45, 2.75) is 44.6 Å². The second kappa shape index (κ2) is 10.3. The number of phenols is 2. The third kappa shape index (κ3) is 4.81. The van der Waals surface area contributed by atoms with E-state index in [4.69, 9.17) is 13.9 Å². The van der Waals surface area contributed by atoms with Crippen molar-refractivity contribution in [3.8, 4) is 28.4 Å². The van der Waals surface area contributed by atoms with Gasteiger partial charge < -0.3 is 44.5 Å². The van der Waals surface area contributed by atoms with E-state index in [1.165, 1.54) is 24.5 Å². The van der Waals surface area contributed by atoms with E-state index >= 15 is 0 Å². The molecule has 2 aromatic carbocycles. The number of hydrogen-bond donors (Lipinski definition) is 6. The molecule has 1 fully saturated rings. The van der Waals surface area contributed by atoms with E-state index < -0.39 is 48.5 Å². The van der Waals surface area contributed by atoms with E-state index in [9.17, 15) is 35.4 Å². The number of benzene rings is 2. The first-order valence-electron chi connectivity index (χ1n) is 11.4. The maximum absolute atomic E-state index is 13.3. The highest BCUT2D eigenvalue weighted by molar-refractivity contribution is 5.92. The number of phenolic OH excluding ortho intramolecular Hbond substituents is 2. The Bertz CT molecular complexity index is 1310. The predicted molar refractivity (Wildman–Crippen MR) is 130 cm³/mol. The summed E-state index contributed by atoms with van der Waals surface area (Å²) in [6, 6.07) is 7.28. The number of aliphatic hydroxyl groups is 4. The fourth-order valence-electron chi connectivity index (χ4n) is 3.94. The standard InChI is InChI=1S/C26H28O10/c1-12(2)3-8-15-17(35-26-25(33)24(32)23(31)19(10-27)36-26)9-18-20(21(15)29)22(30)16(11-34-18)13-4-6-14(28)7-5-13/h3-9,11-12,19,23-29,31-33H,10H2,1-2H3/b8-3+/t19?,23-,24?,25?,26-/m1/s1. The number of aromatic hydroxyl groups is 2. The van der Waals surface area contributed by atoms with E-state index in [0.29, 0.717) is 5.56 Å². The number of hydrogen-bond acceptors (Lipinski definition) is 10. The minimum atomic E-state index is -1.67. The lowest BCUT2D eigenvalue weighted by molar-refractivity contribution is -0.277. The maximum atomic E-state index is 13.3. The van der Waals surface area contributed by atoms with Gasteiger partial charge >= 0.3 is 0 Å². The Balaban J connectivity index is 1.84. The van der Waals surface area contributed by atoms with Crippen LogP contribution in [0, 0.1) is 5.92 Å². The molecule has 1 saturated heterocycles. The lowest BCUT2D eigenvalue weighted by atomic mass is 9.99. The second-order valence-electron chi connectivity index (χ2n) is 8.95. The zero-order chi connectivity index (χ0) is 26.1. The molecule has 0 amide bonds. The summed E-state index contributed by atoms with van der Waals surface area (Å²) in [7, 11) is 0. The zero-order valence-corrected chi connectivity index (χ0v) is 19.6. The third-order valence-corrected chi connectivity index (χ3v) is 5.96. The van der Waals surface area contributed by atoms with Crippen LogP contribution in [0.3, 0.4) is 0 Å². The van der Waals surface area contributed by atoms with E-state index in [2.05, 4.69) is 0 Å². The van der Waals surface area contributed by atoms with E-state index in [1.807, 2.05) is 13.8 Å². The van der Waals surface area contributed by atoms with Crippen LogP contribution in [-0.4, -0.2) is 68.0 Å². The molecule has 5 atom stereocenters. The Hall–Kier alpha value is -3.41. The fraction of sp³-hybridized carbons (Fsp3) is 0.346. The Morgan fingerprint density at radius 2 is 1.75 bits per heavy atom. The minimum absolute atomic E-state index is 0.0127. The molecule has 0 radical (unpaired) electrons. The van der Waals surface area contributed by atoms with E-state index in [1.54, 1.807) is 24.3 Å². The van der Waals surface area contributed by atoms with Crippen LogP contribution in [-0.2, 0) is 4.74 Å². The van der Waals surface area contributed by atoms with Crippen LogP contribution < -0.4 is 10.2 Å². The van der Waals surface area contributed by atoms with Gasteiger partial charge in [-0.1, -0.05) is 38.1 Å². The predicted octanol–water partition coefficient (Wildman–Crippen LogP) is 1.72. The fourth-order valence-corrected chi connectivity index (χ4v) is 3.94. The second-order valence-corrected chi connectivity index (χ2v) is 8.95. The molecule has 0 spiro atoms. The summed E-state index contributed by atoms with van der Waals surface area (Å²) >= 11 is 0. The summed E-state index contributed by atoms with van der Waals surface area (Å²) in [4.78, 5) is 13.3. The van der Waals surface area contributed by atoms with Crippen LogP contribution in [0.4, 0.5) is 0 Å². The van der Waals surface area contributed by atoms with Gasteiger partial charge in [0.15, 0.2) is 0 Å². The van der Waals surface area contributed by atoms with Crippen LogP contribution in [0.15, 0.2) is 51.9 Å². The summed E-state index contributed by atoms with van der Waals surface area (Å²) in [5, 5.41) is 60.6. The molecule has 2 heterocycles. The van der Waals surface area contributed by atoms with Crippen LogP contribution in [0.25, 0.3) is 28.2 Å². The summed E-state index contributed by atoms with van der Waals surface area (Å²) in [5.74, 6) is -0.358. The van der Waals surface area contributed by atoms with Gasteiger partial charge in [0, 0.05) is 6.07 Å². The van der Waals surface area contributed by atoms with Crippen molar-refractivity contribution in [3.63, 3.8) is 0 Å². The van der Waals surface area contributed by atoms with Crippen LogP contribution in [0.1, 0.15) is 19.4 Å². The molecule has 36 heavy (non-hydrogen) atoms. The van der Waals surface area contributed by atoms with Crippen molar-refractivity contribution in [3.05, 3.63) is 58.5 Å².